The lowest BCUT2D eigenvalue weighted by Crippen LogP contribution is -2.34. The van der Waals surface area contributed by atoms with Crippen molar-refractivity contribution in [2.75, 3.05) is 0 Å². The van der Waals surface area contributed by atoms with Crippen LogP contribution in [0.3, 0.4) is 0 Å². The average molecular weight is 373 g/mol. The molecule has 132 valence electrons. The molecule has 6 heteroatoms. The highest BCUT2D eigenvalue weighted by molar-refractivity contribution is 7.17. The first-order valence-corrected chi connectivity index (χ1v) is 9.50. The van der Waals surface area contributed by atoms with Crippen molar-refractivity contribution in [2.45, 2.75) is 12.6 Å². The van der Waals surface area contributed by atoms with Crippen molar-refractivity contribution in [2.24, 2.45) is 0 Å². The Morgan fingerprint density at radius 2 is 1.70 bits per heavy atom. The Kier molecular flexibility index (Phi) is 3.65. The second-order valence-corrected chi connectivity index (χ2v) is 7.40. The third-order valence-electron chi connectivity index (χ3n) is 4.89. The zero-order chi connectivity index (χ0) is 18.4. The minimum atomic E-state index is -0.216. The number of carbonyl (C=O) groups is 1. The summed E-state index contributed by atoms with van der Waals surface area (Å²) in [5.74, 6) is -0.216. The smallest absolute Gasteiger partial charge is 0.271 e. The second-order valence-electron chi connectivity index (χ2n) is 6.49. The topological polar surface area (TPSA) is 64.0 Å². The molecule has 5 rings (SSSR count). The number of amides is 1. The monoisotopic (exact) mass is 373 g/mol. The number of carbonyl (C=O) groups excluding carboxylic acids is 1. The number of nitrogens with zero attached hydrogens (tertiary/aromatic N) is 2. The standard InChI is InChI=1S/C21H15N3O2S/c25-18(11-24-12-22-17-9-10-27-20(17)21(24)26)23-19-15-7-3-1-5-13(15)14-6-2-4-8-16(14)19/h1-10,12,19H,11H2,(H,23,25). The van der Waals surface area contributed by atoms with Gasteiger partial charge in [-0.1, -0.05) is 48.5 Å². The zero-order valence-corrected chi connectivity index (χ0v) is 15.1. The molecule has 0 bridgehead atoms. The first-order valence-electron chi connectivity index (χ1n) is 8.62. The van der Waals surface area contributed by atoms with Gasteiger partial charge in [-0.3, -0.25) is 14.2 Å². The van der Waals surface area contributed by atoms with E-state index >= 15 is 0 Å². The van der Waals surface area contributed by atoms with Crippen molar-refractivity contribution < 1.29 is 4.79 Å². The first kappa shape index (κ1) is 16.0. The van der Waals surface area contributed by atoms with Crippen molar-refractivity contribution >= 4 is 27.5 Å². The molecule has 0 saturated heterocycles. The number of hydrogen-bond acceptors (Lipinski definition) is 4. The van der Waals surface area contributed by atoms with E-state index in [-0.39, 0.29) is 24.1 Å². The lowest BCUT2D eigenvalue weighted by Gasteiger charge is -2.16. The van der Waals surface area contributed by atoms with Gasteiger partial charge in [0.2, 0.25) is 5.91 Å². The third kappa shape index (κ3) is 2.57. The Hall–Kier alpha value is -3.25. The SMILES string of the molecule is O=C(Cn1cnc2ccsc2c1=O)NC1c2ccccc2-c2ccccc21. The summed E-state index contributed by atoms with van der Waals surface area (Å²) < 4.78 is 1.93. The van der Waals surface area contributed by atoms with Gasteiger partial charge in [0, 0.05) is 0 Å². The summed E-state index contributed by atoms with van der Waals surface area (Å²) in [6, 6.07) is 17.8. The van der Waals surface area contributed by atoms with Gasteiger partial charge in [-0.25, -0.2) is 4.98 Å². The highest BCUT2D eigenvalue weighted by Crippen LogP contribution is 2.42. The van der Waals surface area contributed by atoms with E-state index in [1.807, 2.05) is 41.8 Å². The Labute approximate surface area is 158 Å². The van der Waals surface area contributed by atoms with E-state index in [2.05, 4.69) is 22.4 Å². The van der Waals surface area contributed by atoms with E-state index < -0.39 is 0 Å². The molecule has 0 fully saturated rings. The number of fused-ring (bicyclic) bond motifs is 4. The molecule has 1 N–H and O–H groups in total. The van der Waals surface area contributed by atoms with Crippen LogP contribution < -0.4 is 10.9 Å². The molecule has 0 radical (unpaired) electrons. The van der Waals surface area contributed by atoms with Crippen molar-refractivity contribution in [1.29, 1.82) is 0 Å². The molecule has 1 aliphatic carbocycles. The highest BCUT2D eigenvalue weighted by Gasteiger charge is 2.29. The van der Waals surface area contributed by atoms with Gasteiger partial charge in [0.15, 0.2) is 0 Å². The molecule has 1 amide bonds. The van der Waals surface area contributed by atoms with E-state index in [0.29, 0.717) is 10.2 Å². The maximum Gasteiger partial charge on any atom is 0.271 e. The molecule has 0 aliphatic heterocycles. The van der Waals surface area contributed by atoms with Gasteiger partial charge < -0.3 is 5.32 Å². The Bertz CT molecular complexity index is 1200. The lowest BCUT2D eigenvalue weighted by molar-refractivity contribution is -0.122. The number of benzene rings is 2. The van der Waals surface area contributed by atoms with Crippen LogP contribution in [0.2, 0.25) is 0 Å². The number of nitrogens with one attached hydrogen (secondary N) is 1. The van der Waals surface area contributed by atoms with Crippen LogP contribution >= 0.6 is 11.3 Å². The van der Waals surface area contributed by atoms with E-state index in [9.17, 15) is 9.59 Å². The van der Waals surface area contributed by atoms with Crippen LogP contribution in [0.5, 0.6) is 0 Å². The van der Waals surface area contributed by atoms with Crippen LogP contribution in [-0.2, 0) is 11.3 Å². The first-order chi connectivity index (χ1) is 13.2. The van der Waals surface area contributed by atoms with Crippen LogP contribution in [0.15, 0.2) is 71.1 Å². The summed E-state index contributed by atoms with van der Waals surface area (Å²) in [6.07, 6.45) is 1.44. The number of thiophene rings is 1. The van der Waals surface area contributed by atoms with Crippen LogP contribution in [0, 0.1) is 0 Å². The molecular formula is C21H15N3O2S. The Morgan fingerprint density at radius 3 is 2.41 bits per heavy atom. The average Bonchev–Trinajstić information content (AvgIpc) is 3.29. The summed E-state index contributed by atoms with van der Waals surface area (Å²) in [5, 5.41) is 4.92. The third-order valence-corrected chi connectivity index (χ3v) is 5.78. The van der Waals surface area contributed by atoms with Crippen molar-refractivity contribution in [3.63, 3.8) is 0 Å². The summed E-state index contributed by atoms with van der Waals surface area (Å²) >= 11 is 1.34. The summed E-state index contributed by atoms with van der Waals surface area (Å²) in [5.41, 5.74) is 4.91. The maximum absolute atomic E-state index is 12.7. The van der Waals surface area contributed by atoms with Crippen LogP contribution in [0.1, 0.15) is 17.2 Å². The Morgan fingerprint density at radius 1 is 1.04 bits per heavy atom. The number of hydrogen-bond donors (Lipinski definition) is 1. The van der Waals surface area contributed by atoms with Crippen molar-refractivity contribution in [3.05, 3.63) is 87.8 Å². The summed E-state index contributed by atoms with van der Waals surface area (Å²) in [7, 11) is 0. The second kappa shape index (κ2) is 6.17. The normalized spacial score (nSPS) is 12.7. The van der Waals surface area contributed by atoms with Gasteiger partial charge in [-0.15, -0.1) is 11.3 Å². The Balaban J connectivity index is 1.45. The predicted octanol–water partition coefficient (Wildman–Crippen LogP) is 3.34. The van der Waals surface area contributed by atoms with E-state index in [4.69, 9.17) is 0 Å². The molecule has 0 atom stereocenters. The fourth-order valence-electron chi connectivity index (χ4n) is 3.66. The summed E-state index contributed by atoms with van der Waals surface area (Å²) in [6.45, 7) is -0.0551. The van der Waals surface area contributed by atoms with Crippen LogP contribution in [0.25, 0.3) is 21.3 Å². The summed E-state index contributed by atoms with van der Waals surface area (Å²) in [4.78, 5) is 29.5. The van der Waals surface area contributed by atoms with Gasteiger partial charge in [-0.05, 0) is 33.7 Å². The van der Waals surface area contributed by atoms with Crippen molar-refractivity contribution in [3.8, 4) is 11.1 Å². The van der Waals surface area contributed by atoms with E-state index in [1.165, 1.54) is 22.2 Å². The van der Waals surface area contributed by atoms with E-state index in [1.54, 1.807) is 6.07 Å². The molecule has 5 nitrogen and oxygen atoms in total. The number of rotatable bonds is 3. The fourth-order valence-corrected chi connectivity index (χ4v) is 4.46. The molecule has 27 heavy (non-hydrogen) atoms. The highest BCUT2D eigenvalue weighted by atomic mass is 32.1. The minimum Gasteiger partial charge on any atom is -0.344 e. The van der Waals surface area contributed by atoms with E-state index in [0.717, 1.165) is 22.3 Å². The minimum absolute atomic E-state index is 0.0551. The maximum atomic E-state index is 12.7. The molecular weight excluding hydrogens is 358 g/mol. The number of aromatic nitrogens is 2. The van der Waals surface area contributed by atoms with Gasteiger partial charge in [0.25, 0.3) is 5.56 Å². The van der Waals surface area contributed by atoms with Gasteiger partial charge in [0.1, 0.15) is 11.2 Å². The molecule has 2 aromatic carbocycles. The molecule has 1 aliphatic rings. The molecule has 4 aromatic rings. The largest absolute Gasteiger partial charge is 0.344 e. The predicted molar refractivity (Wildman–Crippen MR) is 106 cm³/mol. The van der Waals surface area contributed by atoms with Crippen LogP contribution in [-0.4, -0.2) is 15.5 Å². The molecule has 2 aromatic heterocycles. The molecule has 2 heterocycles. The molecule has 0 spiro atoms. The lowest BCUT2D eigenvalue weighted by atomic mass is 10.1. The zero-order valence-electron chi connectivity index (χ0n) is 14.3. The molecule has 0 saturated carbocycles. The van der Waals surface area contributed by atoms with Gasteiger partial charge in [0.05, 0.1) is 17.9 Å². The fraction of sp³-hybridized carbons (Fsp3) is 0.0952. The molecule has 0 unspecified atom stereocenters. The van der Waals surface area contributed by atoms with Gasteiger partial charge in [-0.2, -0.15) is 0 Å². The quantitative estimate of drug-likeness (QED) is 0.599. The van der Waals surface area contributed by atoms with Crippen LogP contribution in [0.4, 0.5) is 0 Å². The van der Waals surface area contributed by atoms with Crippen molar-refractivity contribution in [1.82, 2.24) is 14.9 Å². The van der Waals surface area contributed by atoms with Gasteiger partial charge >= 0.3 is 0 Å².